The summed E-state index contributed by atoms with van der Waals surface area (Å²) in [4.78, 5) is 30.0. The molecule has 8 heteroatoms. The van der Waals surface area contributed by atoms with Gasteiger partial charge in [-0.3, -0.25) is 4.79 Å². The molecule has 2 fully saturated rings. The van der Waals surface area contributed by atoms with Crippen molar-refractivity contribution in [1.82, 2.24) is 20.0 Å². The summed E-state index contributed by atoms with van der Waals surface area (Å²) in [6, 6.07) is 10.2. The SMILES string of the molecule is Cc1ccc(CN2CCN(CCNCC(=O)N3CCC[C@H]3C#N)C2=O)cc1.Cl. The third-order valence-corrected chi connectivity index (χ3v) is 5.23. The number of carbonyl (C=O) groups excluding carboxylic acids is 2. The maximum atomic E-state index is 12.5. The molecule has 152 valence electrons. The Bertz CT molecular complexity index is 718. The third-order valence-electron chi connectivity index (χ3n) is 5.23. The second-order valence-corrected chi connectivity index (χ2v) is 7.23. The van der Waals surface area contributed by atoms with Gasteiger partial charge in [-0.2, -0.15) is 5.26 Å². The number of aryl methyl sites for hydroxylation is 1. The number of hydrogen-bond acceptors (Lipinski definition) is 4. The van der Waals surface area contributed by atoms with E-state index in [0.717, 1.165) is 24.9 Å². The Morgan fingerprint density at radius 2 is 1.93 bits per heavy atom. The van der Waals surface area contributed by atoms with Gasteiger partial charge in [0.15, 0.2) is 0 Å². The molecule has 0 aromatic heterocycles. The van der Waals surface area contributed by atoms with Crippen molar-refractivity contribution in [2.24, 2.45) is 0 Å². The topological polar surface area (TPSA) is 79.7 Å². The largest absolute Gasteiger partial charge is 0.326 e. The number of nitriles is 1. The van der Waals surface area contributed by atoms with Crippen LogP contribution in [0.1, 0.15) is 24.0 Å². The van der Waals surface area contributed by atoms with Gasteiger partial charge in [0.1, 0.15) is 6.04 Å². The van der Waals surface area contributed by atoms with Crippen LogP contribution in [0.15, 0.2) is 24.3 Å². The predicted octanol–water partition coefficient (Wildman–Crippen LogP) is 1.76. The summed E-state index contributed by atoms with van der Waals surface area (Å²) in [5.41, 5.74) is 2.35. The molecular weight excluding hydrogens is 378 g/mol. The van der Waals surface area contributed by atoms with Gasteiger partial charge < -0.3 is 20.0 Å². The summed E-state index contributed by atoms with van der Waals surface area (Å²) in [6.07, 6.45) is 1.66. The van der Waals surface area contributed by atoms with Crippen molar-refractivity contribution in [3.8, 4) is 6.07 Å². The normalized spacial score (nSPS) is 18.9. The number of amides is 3. The zero-order chi connectivity index (χ0) is 19.2. The van der Waals surface area contributed by atoms with Crippen LogP contribution in [0.25, 0.3) is 0 Å². The molecule has 0 unspecified atom stereocenters. The maximum Gasteiger partial charge on any atom is 0.320 e. The lowest BCUT2D eigenvalue weighted by Crippen LogP contribution is -2.42. The van der Waals surface area contributed by atoms with Gasteiger partial charge >= 0.3 is 6.03 Å². The van der Waals surface area contributed by atoms with E-state index in [-0.39, 0.29) is 36.9 Å². The second-order valence-electron chi connectivity index (χ2n) is 7.23. The van der Waals surface area contributed by atoms with Gasteiger partial charge in [0.05, 0.1) is 12.6 Å². The highest BCUT2D eigenvalue weighted by molar-refractivity contribution is 5.85. The van der Waals surface area contributed by atoms with Gasteiger partial charge in [-0.25, -0.2) is 4.79 Å². The lowest BCUT2D eigenvalue weighted by Gasteiger charge is -2.21. The lowest BCUT2D eigenvalue weighted by atomic mass is 10.1. The molecule has 3 rings (SSSR count). The quantitative estimate of drug-likeness (QED) is 0.701. The van der Waals surface area contributed by atoms with Crippen molar-refractivity contribution in [3.63, 3.8) is 0 Å². The average Bonchev–Trinajstić information content (AvgIpc) is 3.28. The number of nitrogens with one attached hydrogen (secondary N) is 1. The molecule has 28 heavy (non-hydrogen) atoms. The van der Waals surface area contributed by atoms with E-state index in [1.165, 1.54) is 5.56 Å². The molecule has 1 atom stereocenters. The first-order chi connectivity index (χ1) is 13.1. The molecule has 0 saturated carbocycles. The van der Waals surface area contributed by atoms with Gasteiger partial charge in [0.25, 0.3) is 0 Å². The van der Waals surface area contributed by atoms with Crippen molar-refractivity contribution in [1.29, 1.82) is 5.26 Å². The summed E-state index contributed by atoms with van der Waals surface area (Å²) >= 11 is 0. The van der Waals surface area contributed by atoms with E-state index in [0.29, 0.717) is 32.7 Å². The Balaban J connectivity index is 0.00000280. The van der Waals surface area contributed by atoms with Crippen molar-refractivity contribution in [2.75, 3.05) is 39.3 Å². The summed E-state index contributed by atoms with van der Waals surface area (Å²) in [5, 5.41) is 12.2. The monoisotopic (exact) mass is 405 g/mol. The first-order valence-corrected chi connectivity index (χ1v) is 9.57. The van der Waals surface area contributed by atoms with Crippen LogP contribution in [0.2, 0.25) is 0 Å². The minimum absolute atomic E-state index is 0. The van der Waals surface area contributed by atoms with Crippen LogP contribution in [0.5, 0.6) is 0 Å². The molecular formula is C20H28ClN5O2. The van der Waals surface area contributed by atoms with Crippen molar-refractivity contribution < 1.29 is 9.59 Å². The lowest BCUT2D eigenvalue weighted by molar-refractivity contribution is -0.130. The number of likely N-dealkylation sites (tertiary alicyclic amines) is 1. The minimum atomic E-state index is -0.283. The molecule has 2 heterocycles. The average molecular weight is 406 g/mol. The highest BCUT2D eigenvalue weighted by Crippen LogP contribution is 2.16. The van der Waals surface area contributed by atoms with E-state index < -0.39 is 0 Å². The number of hydrogen-bond donors (Lipinski definition) is 1. The first kappa shape index (κ1) is 22.0. The Morgan fingerprint density at radius 3 is 2.64 bits per heavy atom. The molecule has 0 aliphatic carbocycles. The number of nitrogens with zero attached hydrogens (tertiary/aromatic N) is 4. The number of urea groups is 1. The summed E-state index contributed by atoms with van der Waals surface area (Å²) in [6.45, 7) is 6.15. The predicted molar refractivity (Wildman–Crippen MR) is 109 cm³/mol. The van der Waals surface area contributed by atoms with Gasteiger partial charge in [-0.1, -0.05) is 29.8 Å². The van der Waals surface area contributed by atoms with Crippen molar-refractivity contribution >= 4 is 24.3 Å². The van der Waals surface area contributed by atoms with Crippen LogP contribution in [0.4, 0.5) is 4.79 Å². The number of carbonyl (C=O) groups is 2. The fourth-order valence-electron chi connectivity index (χ4n) is 3.61. The van der Waals surface area contributed by atoms with Crippen molar-refractivity contribution in [3.05, 3.63) is 35.4 Å². The molecule has 2 aliphatic heterocycles. The van der Waals surface area contributed by atoms with Crippen LogP contribution in [0.3, 0.4) is 0 Å². The Morgan fingerprint density at radius 1 is 1.21 bits per heavy atom. The minimum Gasteiger partial charge on any atom is -0.326 e. The molecule has 3 amide bonds. The van der Waals surface area contributed by atoms with Crippen LogP contribution in [-0.2, 0) is 11.3 Å². The number of halogens is 1. The molecule has 1 aromatic carbocycles. The van der Waals surface area contributed by atoms with E-state index in [1.54, 1.807) is 4.90 Å². The van der Waals surface area contributed by atoms with E-state index in [1.807, 2.05) is 9.80 Å². The fraction of sp³-hybridized carbons (Fsp3) is 0.550. The zero-order valence-corrected chi connectivity index (χ0v) is 17.1. The van der Waals surface area contributed by atoms with Gasteiger partial charge in [0.2, 0.25) is 5.91 Å². The summed E-state index contributed by atoms with van der Waals surface area (Å²) < 4.78 is 0. The van der Waals surface area contributed by atoms with Crippen LogP contribution in [-0.4, -0.2) is 71.9 Å². The Hall–Kier alpha value is -2.30. The highest BCUT2D eigenvalue weighted by atomic mass is 35.5. The molecule has 0 radical (unpaired) electrons. The zero-order valence-electron chi connectivity index (χ0n) is 16.3. The highest BCUT2D eigenvalue weighted by Gasteiger charge is 2.29. The molecule has 7 nitrogen and oxygen atoms in total. The summed E-state index contributed by atoms with van der Waals surface area (Å²) in [5.74, 6) is -0.0344. The second kappa shape index (κ2) is 10.3. The smallest absolute Gasteiger partial charge is 0.320 e. The first-order valence-electron chi connectivity index (χ1n) is 9.57. The van der Waals surface area contributed by atoms with Crippen LogP contribution < -0.4 is 5.32 Å². The Kier molecular flexibility index (Phi) is 8.09. The number of rotatable bonds is 7. The molecule has 1 N–H and O–H groups in total. The molecule has 2 aliphatic rings. The van der Waals surface area contributed by atoms with Gasteiger partial charge in [-0.05, 0) is 25.3 Å². The van der Waals surface area contributed by atoms with E-state index in [4.69, 9.17) is 5.26 Å². The van der Waals surface area contributed by atoms with E-state index in [2.05, 4.69) is 42.6 Å². The molecule has 1 aromatic rings. The van der Waals surface area contributed by atoms with Crippen LogP contribution in [0, 0.1) is 18.3 Å². The van der Waals surface area contributed by atoms with Crippen LogP contribution >= 0.6 is 12.4 Å². The van der Waals surface area contributed by atoms with Gasteiger partial charge in [0, 0.05) is 39.3 Å². The van der Waals surface area contributed by atoms with Gasteiger partial charge in [-0.15, -0.1) is 12.4 Å². The standard InChI is InChI=1S/C20H27N5O2.ClH/c1-16-4-6-17(7-5-16)15-24-12-11-23(20(24)27)10-8-22-14-19(26)25-9-2-3-18(25)13-21;/h4-7,18,22H,2-3,8-12,14-15H2,1H3;1H/t18-;/m0./s1. The Labute approximate surface area is 172 Å². The maximum absolute atomic E-state index is 12.5. The fourth-order valence-corrected chi connectivity index (χ4v) is 3.61. The van der Waals surface area contributed by atoms with E-state index in [9.17, 15) is 9.59 Å². The molecule has 0 bridgehead atoms. The van der Waals surface area contributed by atoms with E-state index >= 15 is 0 Å². The number of benzene rings is 1. The summed E-state index contributed by atoms with van der Waals surface area (Å²) in [7, 11) is 0. The third kappa shape index (κ3) is 5.37. The molecule has 2 saturated heterocycles. The molecule has 0 spiro atoms. The van der Waals surface area contributed by atoms with Crippen molar-refractivity contribution in [2.45, 2.75) is 32.4 Å².